The normalized spacial score (nSPS) is 11.9. The molecule has 2 aromatic rings. The molecule has 8 heteroatoms. The molecule has 0 unspecified atom stereocenters. The predicted molar refractivity (Wildman–Crippen MR) is 89.8 cm³/mol. The van der Waals surface area contributed by atoms with E-state index in [1.54, 1.807) is 24.3 Å². The number of halogens is 2. The standard InChI is InChI=1S/C17H12Cl2O6/c18-11-2-4-14(12(19)6-11)22-8-17(21)23-7-13(20)10-1-3-15-16(5-10)25-9-24-15/h1-6H,7-9H2. The first-order valence-corrected chi connectivity index (χ1v) is 7.95. The monoisotopic (exact) mass is 382 g/mol. The van der Waals surface area contributed by atoms with Gasteiger partial charge in [-0.15, -0.1) is 0 Å². The fourth-order valence-corrected chi connectivity index (χ4v) is 2.53. The van der Waals surface area contributed by atoms with Crippen molar-refractivity contribution in [3.8, 4) is 17.2 Å². The van der Waals surface area contributed by atoms with E-state index in [1.807, 2.05) is 0 Å². The zero-order valence-corrected chi connectivity index (χ0v) is 14.3. The van der Waals surface area contributed by atoms with Crippen molar-refractivity contribution in [2.24, 2.45) is 0 Å². The maximum atomic E-state index is 12.1. The number of carbonyl (C=O) groups excluding carboxylic acids is 2. The van der Waals surface area contributed by atoms with E-state index in [0.717, 1.165) is 0 Å². The summed E-state index contributed by atoms with van der Waals surface area (Å²) in [5, 5.41) is 0.728. The van der Waals surface area contributed by atoms with Crippen molar-refractivity contribution in [3.63, 3.8) is 0 Å². The van der Waals surface area contributed by atoms with E-state index in [-0.39, 0.29) is 24.2 Å². The van der Waals surface area contributed by atoms with E-state index < -0.39 is 12.6 Å². The predicted octanol–water partition coefficient (Wildman–Crippen LogP) is 3.53. The summed E-state index contributed by atoms with van der Waals surface area (Å²) < 4.78 is 20.5. The lowest BCUT2D eigenvalue weighted by molar-refractivity contribution is -0.144. The molecular formula is C17H12Cl2O6. The number of benzene rings is 2. The number of carbonyl (C=O) groups is 2. The first-order chi connectivity index (χ1) is 12.0. The summed E-state index contributed by atoms with van der Waals surface area (Å²) in [6.07, 6.45) is 0. The highest BCUT2D eigenvalue weighted by atomic mass is 35.5. The van der Waals surface area contributed by atoms with Crippen molar-refractivity contribution in [2.75, 3.05) is 20.0 Å². The van der Waals surface area contributed by atoms with Gasteiger partial charge >= 0.3 is 5.97 Å². The molecule has 6 nitrogen and oxygen atoms in total. The Morgan fingerprint density at radius 3 is 2.60 bits per heavy atom. The molecule has 2 aromatic carbocycles. The molecule has 1 aliphatic rings. The summed E-state index contributed by atoms with van der Waals surface area (Å²) in [5.41, 5.74) is 0.360. The Bertz CT molecular complexity index is 821. The molecule has 0 amide bonds. The fraction of sp³-hybridized carbons (Fsp3) is 0.176. The van der Waals surface area contributed by atoms with Crippen LogP contribution in [0.1, 0.15) is 10.4 Å². The van der Waals surface area contributed by atoms with Gasteiger partial charge in [0, 0.05) is 10.6 Å². The van der Waals surface area contributed by atoms with Crippen LogP contribution in [0.3, 0.4) is 0 Å². The Morgan fingerprint density at radius 2 is 1.80 bits per heavy atom. The van der Waals surface area contributed by atoms with E-state index >= 15 is 0 Å². The third-order valence-corrected chi connectivity index (χ3v) is 3.83. The van der Waals surface area contributed by atoms with Crippen molar-refractivity contribution >= 4 is 35.0 Å². The Labute approximate surface area is 153 Å². The Kier molecular flexibility index (Phi) is 5.31. The molecule has 0 N–H and O–H groups in total. The summed E-state index contributed by atoms with van der Waals surface area (Å²) >= 11 is 11.7. The van der Waals surface area contributed by atoms with Crippen LogP contribution in [0.15, 0.2) is 36.4 Å². The van der Waals surface area contributed by atoms with Crippen LogP contribution >= 0.6 is 23.2 Å². The summed E-state index contributed by atoms with van der Waals surface area (Å²) in [7, 11) is 0. The van der Waals surface area contributed by atoms with Gasteiger partial charge in [-0.25, -0.2) is 4.79 Å². The minimum Gasteiger partial charge on any atom is -0.480 e. The number of ketones is 1. The smallest absolute Gasteiger partial charge is 0.344 e. The minimum absolute atomic E-state index is 0.118. The second-order valence-corrected chi connectivity index (χ2v) is 5.86. The highest BCUT2D eigenvalue weighted by Gasteiger charge is 2.17. The van der Waals surface area contributed by atoms with Crippen molar-refractivity contribution < 1.29 is 28.5 Å². The molecule has 1 heterocycles. The Morgan fingerprint density at radius 1 is 1.00 bits per heavy atom. The van der Waals surface area contributed by atoms with E-state index in [0.29, 0.717) is 27.8 Å². The number of hydrogen-bond donors (Lipinski definition) is 0. The fourth-order valence-electron chi connectivity index (χ4n) is 2.07. The lowest BCUT2D eigenvalue weighted by atomic mass is 10.1. The molecule has 3 rings (SSSR count). The number of ether oxygens (including phenoxy) is 4. The molecule has 0 spiro atoms. The van der Waals surface area contributed by atoms with Gasteiger partial charge in [0.1, 0.15) is 5.75 Å². The minimum atomic E-state index is -0.694. The number of rotatable bonds is 6. The van der Waals surface area contributed by atoms with Crippen molar-refractivity contribution in [2.45, 2.75) is 0 Å². The highest BCUT2D eigenvalue weighted by molar-refractivity contribution is 6.35. The lowest BCUT2D eigenvalue weighted by Gasteiger charge is -2.08. The molecule has 1 aliphatic heterocycles. The largest absolute Gasteiger partial charge is 0.480 e. The molecule has 0 bridgehead atoms. The quantitative estimate of drug-likeness (QED) is 0.562. The third-order valence-electron chi connectivity index (χ3n) is 3.30. The topological polar surface area (TPSA) is 71.1 Å². The summed E-state index contributed by atoms with van der Waals surface area (Å²) in [6.45, 7) is -0.668. The number of esters is 1. The Balaban J connectivity index is 1.49. The molecule has 0 aromatic heterocycles. The van der Waals surface area contributed by atoms with Gasteiger partial charge in [-0.2, -0.15) is 0 Å². The van der Waals surface area contributed by atoms with Gasteiger partial charge in [0.15, 0.2) is 30.5 Å². The molecule has 0 atom stereocenters. The van der Waals surface area contributed by atoms with E-state index in [9.17, 15) is 9.59 Å². The first-order valence-electron chi connectivity index (χ1n) is 7.19. The number of hydrogen-bond acceptors (Lipinski definition) is 6. The van der Waals surface area contributed by atoms with Crippen LogP contribution in [0.5, 0.6) is 17.2 Å². The average molecular weight is 383 g/mol. The van der Waals surface area contributed by atoms with Gasteiger partial charge < -0.3 is 18.9 Å². The van der Waals surface area contributed by atoms with Gasteiger partial charge in [0.25, 0.3) is 0 Å². The maximum Gasteiger partial charge on any atom is 0.344 e. The molecule has 0 aliphatic carbocycles. The second kappa shape index (κ2) is 7.63. The summed E-state index contributed by atoms with van der Waals surface area (Å²) in [5.74, 6) is 0.293. The maximum absolute atomic E-state index is 12.1. The van der Waals surface area contributed by atoms with Crippen LogP contribution in [0.4, 0.5) is 0 Å². The van der Waals surface area contributed by atoms with Crippen molar-refractivity contribution in [1.82, 2.24) is 0 Å². The van der Waals surface area contributed by atoms with Gasteiger partial charge in [0.2, 0.25) is 6.79 Å². The third kappa shape index (κ3) is 4.35. The van der Waals surface area contributed by atoms with Gasteiger partial charge in [-0.3, -0.25) is 4.79 Å². The Hall–Kier alpha value is -2.44. The van der Waals surface area contributed by atoms with Crippen LogP contribution in [0.2, 0.25) is 10.0 Å². The van der Waals surface area contributed by atoms with Crippen LogP contribution < -0.4 is 14.2 Å². The summed E-state index contributed by atoms with van der Waals surface area (Å²) in [6, 6.07) is 9.36. The SMILES string of the molecule is O=C(COc1ccc(Cl)cc1Cl)OCC(=O)c1ccc2c(c1)OCO2. The summed E-state index contributed by atoms with van der Waals surface area (Å²) in [4.78, 5) is 23.8. The average Bonchev–Trinajstić information content (AvgIpc) is 3.06. The van der Waals surface area contributed by atoms with Crippen LogP contribution in [0.25, 0.3) is 0 Å². The first kappa shape index (κ1) is 17.4. The van der Waals surface area contributed by atoms with Crippen LogP contribution in [0, 0.1) is 0 Å². The van der Waals surface area contributed by atoms with Crippen molar-refractivity contribution in [3.05, 3.63) is 52.0 Å². The zero-order valence-electron chi connectivity index (χ0n) is 12.8. The van der Waals surface area contributed by atoms with Gasteiger partial charge in [-0.1, -0.05) is 23.2 Å². The second-order valence-electron chi connectivity index (χ2n) is 5.02. The number of fused-ring (bicyclic) bond motifs is 1. The van der Waals surface area contributed by atoms with E-state index in [4.69, 9.17) is 42.1 Å². The lowest BCUT2D eigenvalue weighted by Crippen LogP contribution is -2.19. The molecule has 0 saturated carbocycles. The van der Waals surface area contributed by atoms with E-state index in [2.05, 4.69) is 0 Å². The molecule has 0 radical (unpaired) electrons. The highest BCUT2D eigenvalue weighted by Crippen LogP contribution is 2.32. The molecular weight excluding hydrogens is 371 g/mol. The van der Waals surface area contributed by atoms with Crippen LogP contribution in [-0.2, 0) is 9.53 Å². The molecule has 0 fully saturated rings. The zero-order chi connectivity index (χ0) is 17.8. The number of Topliss-reactive ketones (excluding diaryl/α,β-unsaturated/α-hetero) is 1. The van der Waals surface area contributed by atoms with Crippen LogP contribution in [-0.4, -0.2) is 31.8 Å². The molecule has 130 valence electrons. The van der Waals surface area contributed by atoms with Crippen molar-refractivity contribution in [1.29, 1.82) is 0 Å². The van der Waals surface area contributed by atoms with E-state index in [1.165, 1.54) is 12.1 Å². The van der Waals surface area contributed by atoms with Gasteiger partial charge in [0.05, 0.1) is 5.02 Å². The molecule has 0 saturated heterocycles. The molecule has 25 heavy (non-hydrogen) atoms. The van der Waals surface area contributed by atoms with Gasteiger partial charge in [-0.05, 0) is 36.4 Å².